The van der Waals surface area contributed by atoms with E-state index in [0.29, 0.717) is 34.6 Å². The Hall–Kier alpha value is -1.92. The molecule has 0 amide bonds. The SMILES string of the molecule is O=C(O)c1ccc(NCc2cc(Br)ccc2OCc2ccc(Cl)c(Cl)c2)cc1Cl. The molecule has 150 valence electrons. The molecule has 3 aromatic rings. The highest BCUT2D eigenvalue weighted by Gasteiger charge is 2.10. The van der Waals surface area contributed by atoms with Crippen LogP contribution in [0.3, 0.4) is 0 Å². The average Bonchev–Trinajstić information content (AvgIpc) is 2.68. The Balaban J connectivity index is 1.72. The molecule has 0 atom stereocenters. The van der Waals surface area contributed by atoms with Gasteiger partial charge in [0.25, 0.3) is 0 Å². The van der Waals surface area contributed by atoms with Crippen molar-refractivity contribution < 1.29 is 14.6 Å². The number of rotatable bonds is 7. The van der Waals surface area contributed by atoms with Crippen LogP contribution in [-0.2, 0) is 13.2 Å². The molecule has 4 nitrogen and oxygen atoms in total. The lowest BCUT2D eigenvalue weighted by Crippen LogP contribution is -2.05. The molecule has 0 radical (unpaired) electrons. The molecule has 0 aliphatic heterocycles. The first-order chi connectivity index (χ1) is 13.8. The lowest BCUT2D eigenvalue weighted by atomic mass is 10.1. The number of carboxylic acid groups (broad SMARTS) is 1. The summed E-state index contributed by atoms with van der Waals surface area (Å²) in [5.41, 5.74) is 2.58. The quantitative estimate of drug-likeness (QED) is 0.347. The summed E-state index contributed by atoms with van der Waals surface area (Å²) in [6.07, 6.45) is 0. The standard InChI is InChI=1S/C21H15BrCl3NO3/c22-14-2-6-20(29-11-12-1-5-17(23)19(25)7-12)13(8-14)10-26-15-3-4-16(21(27)28)18(24)9-15/h1-9,26H,10-11H2,(H,27,28). The second kappa shape index (κ2) is 9.72. The second-order valence-corrected chi connectivity index (χ2v) is 8.28. The minimum Gasteiger partial charge on any atom is -0.489 e. The molecule has 0 aliphatic rings. The van der Waals surface area contributed by atoms with Crippen molar-refractivity contribution in [2.24, 2.45) is 0 Å². The maximum absolute atomic E-state index is 11.1. The van der Waals surface area contributed by atoms with Crippen LogP contribution in [0.4, 0.5) is 5.69 Å². The van der Waals surface area contributed by atoms with Crippen molar-refractivity contribution in [2.75, 3.05) is 5.32 Å². The van der Waals surface area contributed by atoms with Crippen molar-refractivity contribution in [1.29, 1.82) is 0 Å². The molecule has 0 aromatic heterocycles. The summed E-state index contributed by atoms with van der Waals surface area (Å²) in [6.45, 7) is 0.795. The molecule has 3 rings (SSSR count). The molecular weight excluding hydrogens is 500 g/mol. The highest BCUT2D eigenvalue weighted by molar-refractivity contribution is 9.10. The summed E-state index contributed by atoms with van der Waals surface area (Å²) in [7, 11) is 0. The largest absolute Gasteiger partial charge is 0.489 e. The van der Waals surface area contributed by atoms with E-state index in [9.17, 15) is 4.79 Å². The van der Waals surface area contributed by atoms with Crippen LogP contribution >= 0.6 is 50.7 Å². The fraction of sp³-hybridized carbons (Fsp3) is 0.0952. The van der Waals surface area contributed by atoms with E-state index in [-0.39, 0.29) is 10.6 Å². The molecular formula is C21H15BrCl3NO3. The molecule has 0 fully saturated rings. The maximum atomic E-state index is 11.1. The lowest BCUT2D eigenvalue weighted by Gasteiger charge is -2.14. The van der Waals surface area contributed by atoms with Crippen molar-refractivity contribution in [3.8, 4) is 5.75 Å². The highest BCUT2D eigenvalue weighted by atomic mass is 79.9. The van der Waals surface area contributed by atoms with Gasteiger partial charge in [0, 0.05) is 22.3 Å². The Labute approximate surface area is 191 Å². The number of nitrogens with one attached hydrogen (secondary N) is 1. The first-order valence-electron chi connectivity index (χ1n) is 8.45. The number of anilines is 1. The third kappa shape index (κ3) is 5.80. The first kappa shape index (κ1) is 21.8. The normalized spacial score (nSPS) is 10.6. The molecule has 0 saturated heterocycles. The second-order valence-electron chi connectivity index (χ2n) is 6.14. The molecule has 0 aliphatic carbocycles. The minimum atomic E-state index is -1.06. The number of hydrogen-bond acceptors (Lipinski definition) is 3. The predicted molar refractivity (Wildman–Crippen MR) is 121 cm³/mol. The maximum Gasteiger partial charge on any atom is 0.337 e. The Morgan fingerprint density at radius 2 is 1.76 bits per heavy atom. The van der Waals surface area contributed by atoms with E-state index in [1.165, 1.54) is 6.07 Å². The monoisotopic (exact) mass is 513 g/mol. The van der Waals surface area contributed by atoms with Gasteiger partial charge in [-0.2, -0.15) is 0 Å². The zero-order chi connectivity index (χ0) is 21.0. The zero-order valence-corrected chi connectivity index (χ0v) is 18.7. The van der Waals surface area contributed by atoms with Gasteiger partial charge in [-0.15, -0.1) is 0 Å². The number of halogens is 4. The van der Waals surface area contributed by atoms with Gasteiger partial charge < -0.3 is 15.2 Å². The first-order valence-corrected chi connectivity index (χ1v) is 10.4. The molecule has 8 heteroatoms. The van der Waals surface area contributed by atoms with Crippen LogP contribution in [0.1, 0.15) is 21.5 Å². The zero-order valence-electron chi connectivity index (χ0n) is 14.9. The van der Waals surface area contributed by atoms with Crippen LogP contribution in [0.25, 0.3) is 0 Å². The van der Waals surface area contributed by atoms with E-state index >= 15 is 0 Å². The van der Waals surface area contributed by atoms with Gasteiger partial charge in [0.05, 0.1) is 20.6 Å². The van der Waals surface area contributed by atoms with Gasteiger partial charge in [0.2, 0.25) is 0 Å². The summed E-state index contributed by atoms with van der Waals surface area (Å²) in [4.78, 5) is 11.1. The van der Waals surface area contributed by atoms with E-state index in [1.54, 1.807) is 24.3 Å². The van der Waals surface area contributed by atoms with Crippen molar-refractivity contribution in [3.63, 3.8) is 0 Å². The third-order valence-corrected chi connectivity index (χ3v) is 5.63. The molecule has 0 unspecified atom stereocenters. The summed E-state index contributed by atoms with van der Waals surface area (Å²) < 4.78 is 6.88. The number of ether oxygens (including phenoxy) is 1. The van der Waals surface area contributed by atoms with E-state index in [2.05, 4.69) is 21.2 Å². The van der Waals surface area contributed by atoms with Crippen LogP contribution in [0.2, 0.25) is 15.1 Å². The number of benzene rings is 3. The number of aromatic carboxylic acids is 1. The van der Waals surface area contributed by atoms with Gasteiger partial charge in [-0.3, -0.25) is 0 Å². The molecule has 2 N–H and O–H groups in total. The molecule has 0 heterocycles. The molecule has 0 spiro atoms. The van der Waals surface area contributed by atoms with E-state index in [4.69, 9.17) is 44.6 Å². The van der Waals surface area contributed by atoms with E-state index < -0.39 is 5.97 Å². The minimum absolute atomic E-state index is 0.0605. The van der Waals surface area contributed by atoms with Crippen molar-refractivity contribution in [2.45, 2.75) is 13.2 Å². The lowest BCUT2D eigenvalue weighted by molar-refractivity contribution is 0.0697. The fourth-order valence-corrected chi connectivity index (χ4v) is 3.60. The van der Waals surface area contributed by atoms with Crippen LogP contribution in [-0.4, -0.2) is 11.1 Å². The third-order valence-electron chi connectivity index (χ3n) is 4.08. The Kier molecular flexibility index (Phi) is 7.30. The average molecular weight is 516 g/mol. The topological polar surface area (TPSA) is 58.6 Å². The summed E-state index contributed by atoms with van der Waals surface area (Å²) in [5.74, 6) is -0.355. The number of hydrogen-bond donors (Lipinski definition) is 2. The van der Waals surface area contributed by atoms with Crippen molar-refractivity contribution >= 4 is 62.4 Å². The highest BCUT2D eigenvalue weighted by Crippen LogP contribution is 2.28. The van der Waals surface area contributed by atoms with Crippen LogP contribution in [0, 0.1) is 0 Å². The smallest absolute Gasteiger partial charge is 0.337 e. The summed E-state index contributed by atoms with van der Waals surface area (Å²) in [6, 6.07) is 15.8. The van der Waals surface area contributed by atoms with Gasteiger partial charge in [0.1, 0.15) is 12.4 Å². The van der Waals surface area contributed by atoms with Crippen molar-refractivity contribution in [1.82, 2.24) is 0 Å². The Morgan fingerprint density at radius 1 is 0.966 bits per heavy atom. The molecule has 3 aromatic carbocycles. The van der Waals surface area contributed by atoms with E-state index in [1.807, 2.05) is 24.3 Å². The van der Waals surface area contributed by atoms with Crippen LogP contribution < -0.4 is 10.1 Å². The number of carbonyl (C=O) groups is 1. The van der Waals surface area contributed by atoms with Crippen molar-refractivity contribution in [3.05, 3.63) is 90.8 Å². The fourth-order valence-electron chi connectivity index (χ4n) is 2.61. The number of carboxylic acids is 1. The molecule has 0 saturated carbocycles. The van der Waals surface area contributed by atoms with Crippen LogP contribution in [0.5, 0.6) is 5.75 Å². The van der Waals surface area contributed by atoms with Gasteiger partial charge in [-0.25, -0.2) is 4.79 Å². The predicted octanol–water partition coefficient (Wildman–Crippen LogP) is 7.30. The van der Waals surface area contributed by atoms with Gasteiger partial charge >= 0.3 is 5.97 Å². The van der Waals surface area contributed by atoms with Crippen LogP contribution in [0.15, 0.2) is 59.1 Å². The Morgan fingerprint density at radius 3 is 2.45 bits per heavy atom. The van der Waals surface area contributed by atoms with Gasteiger partial charge in [-0.05, 0) is 54.1 Å². The molecule has 0 bridgehead atoms. The molecule has 29 heavy (non-hydrogen) atoms. The van der Waals surface area contributed by atoms with Gasteiger partial charge in [0.15, 0.2) is 0 Å². The van der Waals surface area contributed by atoms with E-state index in [0.717, 1.165) is 15.6 Å². The summed E-state index contributed by atoms with van der Waals surface area (Å²) >= 11 is 21.5. The Bertz CT molecular complexity index is 1060. The van der Waals surface area contributed by atoms with Gasteiger partial charge in [-0.1, -0.05) is 56.8 Å². The summed E-state index contributed by atoms with van der Waals surface area (Å²) in [5, 5.41) is 13.5.